The minimum Gasteiger partial charge on any atom is -0.465 e. The molecule has 0 spiro atoms. The van der Waals surface area contributed by atoms with Crippen LogP contribution in [0.25, 0.3) is 0 Å². The first-order valence-corrected chi connectivity index (χ1v) is 7.52. The smallest absolute Gasteiger partial charge is 0.404 e. The Morgan fingerprint density at radius 2 is 1.53 bits per heavy atom. The van der Waals surface area contributed by atoms with E-state index in [1.807, 2.05) is 0 Å². The van der Waals surface area contributed by atoms with E-state index in [1.165, 1.54) is 0 Å². The first-order chi connectivity index (χ1) is 7.97. The van der Waals surface area contributed by atoms with Crippen molar-refractivity contribution in [3.05, 3.63) is 0 Å². The van der Waals surface area contributed by atoms with E-state index in [0.717, 1.165) is 12.8 Å². The summed E-state index contributed by atoms with van der Waals surface area (Å²) in [5.74, 6) is 0. The molecule has 2 rings (SSSR count). The molecule has 0 aromatic heterocycles. The summed E-state index contributed by atoms with van der Waals surface area (Å²) >= 11 is 0. The summed E-state index contributed by atoms with van der Waals surface area (Å²) in [6.45, 7) is 0. The fraction of sp³-hybridized carbons (Fsp3) is 0.900. The number of carbonyl (C=O) groups is 1. The van der Waals surface area contributed by atoms with E-state index in [2.05, 4.69) is 10.0 Å². The average molecular weight is 262 g/mol. The van der Waals surface area contributed by atoms with E-state index in [-0.39, 0.29) is 17.3 Å². The first kappa shape index (κ1) is 12.6. The third-order valence-corrected chi connectivity index (χ3v) is 5.36. The second-order valence-electron chi connectivity index (χ2n) is 4.86. The lowest BCUT2D eigenvalue weighted by atomic mass is 9.92. The van der Waals surface area contributed by atoms with E-state index >= 15 is 0 Å². The van der Waals surface area contributed by atoms with Crippen molar-refractivity contribution in [1.82, 2.24) is 10.0 Å². The van der Waals surface area contributed by atoms with E-state index in [1.54, 1.807) is 0 Å². The van der Waals surface area contributed by atoms with Gasteiger partial charge in [-0.1, -0.05) is 0 Å². The Morgan fingerprint density at radius 1 is 1.00 bits per heavy atom. The van der Waals surface area contributed by atoms with Gasteiger partial charge in [-0.2, -0.15) is 0 Å². The van der Waals surface area contributed by atoms with Crippen LogP contribution in [-0.4, -0.2) is 37.0 Å². The zero-order valence-electron chi connectivity index (χ0n) is 9.55. The van der Waals surface area contributed by atoms with Crippen molar-refractivity contribution in [1.29, 1.82) is 0 Å². The van der Waals surface area contributed by atoms with Crippen LogP contribution < -0.4 is 10.0 Å². The summed E-state index contributed by atoms with van der Waals surface area (Å²) in [5.41, 5.74) is 0. The summed E-state index contributed by atoms with van der Waals surface area (Å²) in [5, 5.41) is 10.8. The van der Waals surface area contributed by atoms with Gasteiger partial charge in [0.05, 0.1) is 5.25 Å². The fourth-order valence-electron chi connectivity index (χ4n) is 2.24. The lowest BCUT2D eigenvalue weighted by Crippen LogP contribution is -2.44. The molecule has 2 fully saturated rings. The maximum absolute atomic E-state index is 11.7. The minimum atomic E-state index is -3.11. The Bertz CT molecular complexity index is 383. The Balaban J connectivity index is 1.77. The highest BCUT2D eigenvalue weighted by molar-refractivity contribution is 7.90. The minimum absolute atomic E-state index is 0.0209. The Hall–Kier alpha value is -0.820. The average Bonchev–Trinajstić information content (AvgIpc) is 3.03. The van der Waals surface area contributed by atoms with Gasteiger partial charge in [-0.05, 0) is 38.5 Å². The van der Waals surface area contributed by atoms with Crippen molar-refractivity contribution in [3.8, 4) is 0 Å². The third kappa shape index (κ3) is 3.57. The van der Waals surface area contributed by atoms with E-state index in [0.29, 0.717) is 25.7 Å². The number of hydrogen-bond donors (Lipinski definition) is 3. The highest BCUT2D eigenvalue weighted by Crippen LogP contribution is 2.29. The lowest BCUT2D eigenvalue weighted by Gasteiger charge is -2.28. The van der Waals surface area contributed by atoms with Crippen molar-refractivity contribution < 1.29 is 18.3 Å². The van der Waals surface area contributed by atoms with Gasteiger partial charge in [0.2, 0.25) is 10.0 Å². The molecule has 0 aromatic carbocycles. The maximum atomic E-state index is 11.7. The summed E-state index contributed by atoms with van der Waals surface area (Å²) in [4.78, 5) is 10.5. The number of rotatable bonds is 4. The van der Waals surface area contributed by atoms with Gasteiger partial charge in [-0.3, -0.25) is 0 Å². The standard InChI is InChI=1S/C10H18N2O4S/c13-10(14)11-7-1-3-8(4-2-7)12-17(15,16)9-5-6-9/h7-9,11-12H,1-6H2,(H,13,14). The summed E-state index contributed by atoms with van der Waals surface area (Å²) in [6, 6.07) is -0.0541. The largest absolute Gasteiger partial charge is 0.465 e. The van der Waals surface area contributed by atoms with Gasteiger partial charge < -0.3 is 10.4 Å². The first-order valence-electron chi connectivity index (χ1n) is 5.98. The lowest BCUT2D eigenvalue weighted by molar-refractivity contribution is 0.184. The van der Waals surface area contributed by atoms with Gasteiger partial charge in [0.25, 0.3) is 0 Å². The molecule has 0 atom stereocenters. The zero-order valence-corrected chi connectivity index (χ0v) is 10.4. The number of nitrogens with one attached hydrogen (secondary N) is 2. The zero-order chi connectivity index (χ0) is 12.5. The molecular formula is C10H18N2O4S. The molecule has 0 heterocycles. The molecule has 17 heavy (non-hydrogen) atoms. The molecule has 2 aliphatic rings. The molecule has 98 valence electrons. The molecule has 0 saturated heterocycles. The van der Waals surface area contributed by atoms with Gasteiger partial charge in [-0.15, -0.1) is 0 Å². The predicted octanol–water partition coefficient (Wildman–Crippen LogP) is 0.647. The molecule has 0 unspecified atom stereocenters. The summed E-state index contributed by atoms with van der Waals surface area (Å²) in [7, 11) is -3.11. The van der Waals surface area contributed by atoms with Gasteiger partial charge >= 0.3 is 6.09 Å². The van der Waals surface area contributed by atoms with E-state index < -0.39 is 16.1 Å². The van der Waals surface area contributed by atoms with Crippen LogP contribution in [-0.2, 0) is 10.0 Å². The summed E-state index contributed by atoms with van der Waals surface area (Å²) < 4.78 is 26.1. The molecule has 2 saturated carbocycles. The molecule has 0 bridgehead atoms. The maximum Gasteiger partial charge on any atom is 0.404 e. The topological polar surface area (TPSA) is 95.5 Å². The quantitative estimate of drug-likeness (QED) is 0.693. The second-order valence-corrected chi connectivity index (χ2v) is 6.85. The van der Waals surface area contributed by atoms with Crippen LogP contribution in [0.15, 0.2) is 0 Å². The monoisotopic (exact) mass is 262 g/mol. The van der Waals surface area contributed by atoms with E-state index in [9.17, 15) is 13.2 Å². The SMILES string of the molecule is O=C(O)NC1CCC(NS(=O)(=O)C2CC2)CC1. The van der Waals surface area contributed by atoms with Crippen molar-refractivity contribution in [2.45, 2.75) is 55.9 Å². The molecule has 2 aliphatic carbocycles. The van der Waals surface area contributed by atoms with Gasteiger partial charge in [0.15, 0.2) is 0 Å². The van der Waals surface area contributed by atoms with Crippen molar-refractivity contribution in [2.24, 2.45) is 0 Å². The molecule has 0 radical (unpaired) electrons. The predicted molar refractivity (Wildman–Crippen MR) is 62.3 cm³/mol. The molecule has 0 aliphatic heterocycles. The fourth-order valence-corrected chi connectivity index (χ4v) is 3.89. The Kier molecular flexibility index (Phi) is 3.58. The van der Waals surface area contributed by atoms with Crippen LogP contribution in [0.5, 0.6) is 0 Å². The second kappa shape index (κ2) is 4.81. The van der Waals surface area contributed by atoms with Crippen molar-refractivity contribution in [3.63, 3.8) is 0 Å². The number of hydrogen-bond acceptors (Lipinski definition) is 3. The van der Waals surface area contributed by atoms with Crippen LogP contribution in [0.4, 0.5) is 4.79 Å². The Morgan fingerprint density at radius 3 is 2.00 bits per heavy atom. The van der Waals surface area contributed by atoms with Crippen molar-refractivity contribution in [2.75, 3.05) is 0 Å². The molecule has 1 amide bonds. The molecule has 7 heteroatoms. The van der Waals surface area contributed by atoms with Crippen LogP contribution in [0.1, 0.15) is 38.5 Å². The van der Waals surface area contributed by atoms with Crippen LogP contribution in [0.3, 0.4) is 0 Å². The molecule has 0 aromatic rings. The van der Waals surface area contributed by atoms with Crippen LogP contribution in [0.2, 0.25) is 0 Å². The van der Waals surface area contributed by atoms with Gasteiger partial charge in [-0.25, -0.2) is 17.9 Å². The van der Waals surface area contributed by atoms with Crippen LogP contribution >= 0.6 is 0 Å². The van der Waals surface area contributed by atoms with Gasteiger partial charge in [0, 0.05) is 12.1 Å². The molecule has 6 nitrogen and oxygen atoms in total. The van der Waals surface area contributed by atoms with Gasteiger partial charge in [0.1, 0.15) is 0 Å². The van der Waals surface area contributed by atoms with E-state index in [4.69, 9.17) is 5.11 Å². The van der Waals surface area contributed by atoms with Crippen LogP contribution in [0, 0.1) is 0 Å². The number of amides is 1. The normalized spacial score (nSPS) is 29.9. The highest BCUT2D eigenvalue weighted by Gasteiger charge is 2.37. The molecule has 3 N–H and O–H groups in total. The van der Waals surface area contributed by atoms with Crippen molar-refractivity contribution >= 4 is 16.1 Å². The highest BCUT2D eigenvalue weighted by atomic mass is 32.2. The Labute approximate surface area is 101 Å². The number of carboxylic acid groups (broad SMARTS) is 1. The molecular weight excluding hydrogens is 244 g/mol. The number of sulfonamides is 1. The third-order valence-electron chi connectivity index (χ3n) is 3.35. The summed E-state index contributed by atoms with van der Waals surface area (Å²) in [6.07, 6.45) is 3.34.